The maximum atomic E-state index is 5.76. The Balaban J connectivity index is 2.19. The number of ether oxygens (including phenoxy) is 1. The predicted molar refractivity (Wildman–Crippen MR) is 67.3 cm³/mol. The van der Waals surface area contributed by atoms with Gasteiger partial charge in [0.1, 0.15) is 5.75 Å². The van der Waals surface area contributed by atoms with E-state index in [2.05, 4.69) is 10.2 Å². The Morgan fingerprint density at radius 2 is 2.24 bits per heavy atom. The number of anilines is 1. The molecule has 0 bridgehead atoms. The molecule has 0 aliphatic heterocycles. The normalized spacial score (nSPS) is 10.9. The van der Waals surface area contributed by atoms with E-state index in [4.69, 9.17) is 10.5 Å². The van der Waals surface area contributed by atoms with Gasteiger partial charge in [-0.25, -0.2) is 0 Å². The molecule has 3 aromatic rings. The zero-order valence-electron chi connectivity index (χ0n) is 9.12. The number of fused-ring (bicyclic) bond motifs is 1. The second kappa shape index (κ2) is 3.74. The molecule has 0 aromatic carbocycles. The van der Waals surface area contributed by atoms with Crippen LogP contribution in [0, 0.1) is 0 Å². The third kappa shape index (κ3) is 1.62. The summed E-state index contributed by atoms with van der Waals surface area (Å²) < 4.78 is 7.03. The molecule has 0 aliphatic rings. The monoisotopic (exact) mass is 246 g/mol. The van der Waals surface area contributed by atoms with Gasteiger partial charge >= 0.3 is 0 Å². The van der Waals surface area contributed by atoms with Gasteiger partial charge in [0.15, 0.2) is 11.5 Å². The molecule has 0 saturated heterocycles. The fraction of sp³-hybridized carbons (Fsp3) is 0.0909. The van der Waals surface area contributed by atoms with Gasteiger partial charge < -0.3 is 10.5 Å². The van der Waals surface area contributed by atoms with Gasteiger partial charge in [0.05, 0.1) is 12.0 Å². The molecule has 86 valence electrons. The minimum atomic E-state index is 0.682. The summed E-state index contributed by atoms with van der Waals surface area (Å²) in [6.45, 7) is 0. The summed E-state index contributed by atoms with van der Waals surface area (Å²) in [4.78, 5) is 1.000. The Morgan fingerprint density at radius 1 is 1.35 bits per heavy atom. The number of pyridine rings is 1. The van der Waals surface area contributed by atoms with Crippen molar-refractivity contribution in [1.82, 2.24) is 14.6 Å². The van der Waals surface area contributed by atoms with Crippen LogP contribution in [0.5, 0.6) is 5.75 Å². The number of rotatable bonds is 2. The number of thiophene rings is 1. The van der Waals surface area contributed by atoms with Crippen LogP contribution in [-0.2, 0) is 0 Å². The molecule has 5 nitrogen and oxygen atoms in total. The average Bonchev–Trinajstić information content (AvgIpc) is 2.93. The Hall–Kier alpha value is -2.08. The highest BCUT2D eigenvalue weighted by Crippen LogP contribution is 2.30. The van der Waals surface area contributed by atoms with E-state index in [1.54, 1.807) is 18.4 Å². The van der Waals surface area contributed by atoms with Crippen LogP contribution in [-0.4, -0.2) is 21.7 Å². The van der Waals surface area contributed by atoms with Crippen LogP contribution in [0.25, 0.3) is 16.3 Å². The first-order valence-corrected chi connectivity index (χ1v) is 5.89. The molecular weight excluding hydrogens is 236 g/mol. The second-order valence-corrected chi connectivity index (χ2v) is 4.48. The van der Waals surface area contributed by atoms with Crippen molar-refractivity contribution in [3.63, 3.8) is 0 Å². The van der Waals surface area contributed by atoms with Crippen molar-refractivity contribution in [2.75, 3.05) is 12.8 Å². The summed E-state index contributed by atoms with van der Waals surface area (Å²) in [7, 11) is 1.64. The van der Waals surface area contributed by atoms with Gasteiger partial charge in [0.25, 0.3) is 0 Å². The summed E-state index contributed by atoms with van der Waals surface area (Å²) in [6, 6.07) is 5.59. The maximum Gasteiger partial charge on any atom is 0.178 e. The molecule has 0 aliphatic carbocycles. The molecule has 2 N–H and O–H groups in total. The first-order valence-electron chi connectivity index (χ1n) is 5.01. The predicted octanol–water partition coefficient (Wildman–Crippen LogP) is 2.05. The first-order chi connectivity index (χ1) is 8.28. The number of nitrogens with two attached hydrogens (primary N) is 1. The van der Waals surface area contributed by atoms with Gasteiger partial charge in [-0.05, 0) is 12.1 Å². The van der Waals surface area contributed by atoms with E-state index in [1.807, 2.05) is 34.2 Å². The molecule has 17 heavy (non-hydrogen) atoms. The summed E-state index contributed by atoms with van der Waals surface area (Å²) in [5, 5.41) is 10.2. The highest BCUT2D eigenvalue weighted by molar-refractivity contribution is 7.13. The summed E-state index contributed by atoms with van der Waals surface area (Å²) in [6.07, 6.45) is 1.82. The molecule has 3 heterocycles. The molecule has 0 atom stereocenters. The lowest BCUT2D eigenvalue weighted by molar-refractivity contribution is 0.417. The van der Waals surface area contributed by atoms with Crippen molar-refractivity contribution in [2.45, 2.75) is 0 Å². The van der Waals surface area contributed by atoms with Crippen molar-refractivity contribution >= 4 is 22.7 Å². The molecule has 3 aromatic heterocycles. The van der Waals surface area contributed by atoms with Gasteiger partial charge in [0.2, 0.25) is 0 Å². The van der Waals surface area contributed by atoms with Crippen LogP contribution >= 0.6 is 11.3 Å². The smallest absolute Gasteiger partial charge is 0.178 e. The number of hydrogen-bond acceptors (Lipinski definition) is 5. The zero-order valence-corrected chi connectivity index (χ0v) is 9.94. The van der Waals surface area contributed by atoms with Crippen LogP contribution in [0.2, 0.25) is 0 Å². The molecule has 3 rings (SSSR count). The number of nitrogens with zero attached hydrogens (tertiary/aromatic N) is 3. The quantitative estimate of drug-likeness (QED) is 0.751. The highest BCUT2D eigenvalue weighted by Gasteiger charge is 2.10. The SMILES string of the molecule is COc1csc(-c2nnc3ccc(N)cn23)c1. The number of methoxy groups -OCH3 is 1. The molecule has 0 amide bonds. The minimum absolute atomic E-state index is 0.682. The Kier molecular flexibility index (Phi) is 2.22. The summed E-state index contributed by atoms with van der Waals surface area (Å²) in [5.74, 6) is 1.60. The van der Waals surface area contributed by atoms with Gasteiger partial charge in [-0.15, -0.1) is 21.5 Å². The average molecular weight is 246 g/mol. The van der Waals surface area contributed by atoms with Gasteiger partial charge in [-0.3, -0.25) is 4.40 Å². The van der Waals surface area contributed by atoms with Gasteiger partial charge in [-0.2, -0.15) is 0 Å². The Labute approximate surface area is 101 Å². The van der Waals surface area contributed by atoms with Crippen LogP contribution in [0.3, 0.4) is 0 Å². The minimum Gasteiger partial charge on any atom is -0.496 e. The number of aromatic nitrogens is 3. The van der Waals surface area contributed by atoms with E-state index >= 15 is 0 Å². The van der Waals surface area contributed by atoms with Crippen molar-refractivity contribution in [3.05, 3.63) is 29.8 Å². The topological polar surface area (TPSA) is 65.4 Å². The zero-order chi connectivity index (χ0) is 11.8. The van der Waals surface area contributed by atoms with Crippen molar-refractivity contribution in [1.29, 1.82) is 0 Å². The van der Waals surface area contributed by atoms with Crippen molar-refractivity contribution in [3.8, 4) is 16.5 Å². The van der Waals surface area contributed by atoms with Crippen molar-refractivity contribution in [2.24, 2.45) is 0 Å². The highest BCUT2D eigenvalue weighted by atomic mass is 32.1. The van der Waals surface area contributed by atoms with Crippen LogP contribution in [0.4, 0.5) is 5.69 Å². The summed E-state index contributed by atoms with van der Waals surface area (Å²) >= 11 is 1.56. The van der Waals surface area contributed by atoms with Gasteiger partial charge in [0, 0.05) is 23.3 Å². The Bertz CT molecular complexity index is 673. The molecule has 0 fully saturated rings. The largest absolute Gasteiger partial charge is 0.496 e. The fourth-order valence-corrected chi connectivity index (χ4v) is 2.45. The van der Waals surface area contributed by atoms with Gasteiger partial charge in [-0.1, -0.05) is 0 Å². The second-order valence-electron chi connectivity index (χ2n) is 3.57. The lowest BCUT2D eigenvalue weighted by Crippen LogP contribution is -1.91. The number of nitrogen functional groups attached to an aromatic ring is 1. The van der Waals surface area contributed by atoms with E-state index < -0.39 is 0 Å². The standard InChI is InChI=1S/C11H10N4OS/c1-16-8-4-9(17-6-8)11-14-13-10-3-2-7(12)5-15(10)11/h2-6H,12H2,1H3. The molecule has 6 heteroatoms. The Morgan fingerprint density at radius 3 is 3.00 bits per heavy atom. The van der Waals surface area contributed by atoms with Crippen LogP contribution in [0.15, 0.2) is 29.8 Å². The lowest BCUT2D eigenvalue weighted by Gasteiger charge is -1.98. The molecule has 0 saturated carbocycles. The lowest BCUT2D eigenvalue weighted by atomic mass is 10.4. The molecule has 0 unspecified atom stereocenters. The van der Waals surface area contributed by atoms with E-state index in [0.29, 0.717) is 5.69 Å². The molecule has 0 radical (unpaired) electrons. The molecular formula is C11H10N4OS. The third-order valence-corrected chi connectivity index (χ3v) is 3.36. The first kappa shape index (κ1) is 10.1. The number of hydrogen-bond donors (Lipinski definition) is 1. The van der Waals surface area contributed by atoms with E-state index in [-0.39, 0.29) is 0 Å². The van der Waals surface area contributed by atoms with Crippen molar-refractivity contribution < 1.29 is 4.74 Å². The van der Waals surface area contributed by atoms with Crippen LogP contribution in [0.1, 0.15) is 0 Å². The maximum absolute atomic E-state index is 5.76. The molecule has 0 spiro atoms. The third-order valence-electron chi connectivity index (χ3n) is 2.46. The van der Waals surface area contributed by atoms with E-state index in [9.17, 15) is 0 Å². The summed E-state index contributed by atoms with van der Waals surface area (Å²) in [5.41, 5.74) is 7.23. The van der Waals surface area contributed by atoms with E-state index in [0.717, 1.165) is 22.1 Å². The fourth-order valence-electron chi connectivity index (χ4n) is 1.62. The van der Waals surface area contributed by atoms with Crippen LogP contribution < -0.4 is 10.5 Å². The van der Waals surface area contributed by atoms with E-state index in [1.165, 1.54) is 0 Å².